The van der Waals surface area contributed by atoms with E-state index in [1.165, 1.54) is 30.4 Å². The largest absolute Gasteiger partial charge is 0.339 e. The summed E-state index contributed by atoms with van der Waals surface area (Å²) in [6.45, 7) is 0. The van der Waals surface area contributed by atoms with Crippen LogP contribution in [0.15, 0.2) is 22.7 Å². The van der Waals surface area contributed by atoms with Crippen molar-refractivity contribution in [2.45, 2.75) is 44.1 Å². The zero-order valence-electron chi connectivity index (χ0n) is 11.2. The molecule has 1 aromatic carbocycles. The summed E-state index contributed by atoms with van der Waals surface area (Å²) in [5, 5.41) is 4.12. The van der Waals surface area contributed by atoms with E-state index in [2.05, 4.69) is 28.3 Å². The number of benzene rings is 1. The molecule has 0 aliphatic heterocycles. The van der Waals surface area contributed by atoms with Gasteiger partial charge in [-0.2, -0.15) is 4.98 Å². The first-order valence-electron chi connectivity index (χ1n) is 7.03. The highest BCUT2D eigenvalue weighted by Gasteiger charge is 2.26. The van der Waals surface area contributed by atoms with Crippen molar-refractivity contribution in [2.75, 3.05) is 0 Å². The van der Waals surface area contributed by atoms with Gasteiger partial charge in [0.1, 0.15) is 0 Å². The maximum absolute atomic E-state index is 6.05. The van der Waals surface area contributed by atoms with Gasteiger partial charge < -0.3 is 10.3 Å². The lowest BCUT2D eigenvalue weighted by atomic mass is 9.85. The lowest BCUT2D eigenvalue weighted by molar-refractivity contribution is 0.292. The second kappa shape index (κ2) is 5.19. The molecule has 0 amide bonds. The molecule has 2 N–H and O–H groups in total. The number of aromatic nitrogens is 2. The van der Waals surface area contributed by atoms with E-state index >= 15 is 0 Å². The molecule has 2 aliphatic carbocycles. The zero-order valence-corrected chi connectivity index (χ0v) is 12.0. The van der Waals surface area contributed by atoms with Crippen molar-refractivity contribution in [3.63, 3.8) is 0 Å². The van der Waals surface area contributed by atoms with E-state index in [0.717, 1.165) is 24.3 Å². The zero-order chi connectivity index (χ0) is 12.8. The van der Waals surface area contributed by atoms with Crippen LogP contribution in [0.3, 0.4) is 0 Å². The number of rotatable bonds is 2. The maximum Gasteiger partial charge on any atom is 0.230 e. The van der Waals surface area contributed by atoms with Gasteiger partial charge in [0.15, 0.2) is 0 Å². The normalized spacial score (nSPS) is 21.1. The fourth-order valence-electron chi connectivity index (χ4n) is 2.96. The SMILES string of the molecule is Cl.N[C@@H]1CCc2cc(-c3noc(C4CCC4)n3)ccc21. The van der Waals surface area contributed by atoms with Crippen molar-refractivity contribution in [1.29, 1.82) is 0 Å². The van der Waals surface area contributed by atoms with Gasteiger partial charge in [-0.15, -0.1) is 12.4 Å². The van der Waals surface area contributed by atoms with E-state index in [1.54, 1.807) is 0 Å². The predicted octanol–water partition coefficient (Wildman–Crippen LogP) is 3.37. The molecule has 20 heavy (non-hydrogen) atoms. The molecule has 0 bridgehead atoms. The number of hydrogen-bond acceptors (Lipinski definition) is 4. The molecule has 0 radical (unpaired) electrons. The van der Waals surface area contributed by atoms with E-state index in [0.29, 0.717) is 11.7 Å². The Kier molecular flexibility index (Phi) is 3.52. The smallest absolute Gasteiger partial charge is 0.230 e. The van der Waals surface area contributed by atoms with E-state index < -0.39 is 0 Å². The van der Waals surface area contributed by atoms with Crippen molar-refractivity contribution in [2.24, 2.45) is 5.73 Å². The minimum absolute atomic E-state index is 0. The van der Waals surface area contributed by atoms with Gasteiger partial charge in [-0.25, -0.2) is 0 Å². The molecule has 2 aliphatic rings. The highest BCUT2D eigenvalue weighted by Crippen LogP contribution is 2.36. The van der Waals surface area contributed by atoms with E-state index in [1.807, 2.05) is 0 Å². The minimum Gasteiger partial charge on any atom is -0.339 e. The van der Waals surface area contributed by atoms with Crippen molar-refractivity contribution < 1.29 is 4.52 Å². The Bertz CT molecular complexity index is 621. The third-order valence-electron chi connectivity index (χ3n) is 4.42. The topological polar surface area (TPSA) is 64.9 Å². The van der Waals surface area contributed by atoms with Crippen LogP contribution in [-0.4, -0.2) is 10.1 Å². The average molecular weight is 292 g/mol. The summed E-state index contributed by atoms with van der Waals surface area (Å²) >= 11 is 0. The van der Waals surface area contributed by atoms with Crippen LogP contribution < -0.4 is 5.73 Å². The Hall–Kier alpha value is -1.39. The summed E-state index contributed by atoms with van der Waals surface area (Å²) in [5.41, 5.74) is 9.70. The monoisotopic (exact) mass is 291 g/mol. The number of aryl methyl sites for hydroxylation is 1. The molecule has 0 unspecified atom stereocenters. The number of nitrogens with two attached hydrogens (primary N) is 1. The van der Waals surface area contributed by atoms with Crippen LogP contribution in [-0.2, 0) is 6.42 Å². The third-order valence-corrected chi connectivity index (χ3v) is 4.42. The molecule has 4 nitrogen and oxygen atoms in total. The second-order valence-electron chi connectivity index (χ2n) is 5.64. The number of nitrogens with zero attached hydrogens (tertiary/aromatic N) is 2. The van der Waals surface area contributed by atoms with Crippen LogP contribution in [0.5, 0.6) is 0 Å². The summed E-state index contributed by atoms with van der Waals surface area (Å²) in [6.07, 6.45) is 5.73. The van der Waals surface area contributed by atoms with E-state index in [-0.39, 0.29) is 18.4 Å². The molecule has 1 heterocycles. The molecule has 5 heteroatoms. The van der Waals surface area contributed by atoms with Gasteiger partial charge >= 0.3 is 0 Å². The number of hydrogen-bond donors (Lipinski definition) is 1. The van der Waals surface area contributed by atoms with Gasteiger partial charge in [0, 0.05) is 17.5 Å². The van der Waals surface area contributed by atoms with Crippen LogP contribution in [0.1, 0.15) is 54.7 Å². The van der Waals surface area contributed by atoms with Gasteiger partial charge in [0.25, 0.3) is 0 Å². The maximum atomic E-state index is 6.05. The standard InChI is InChI=1S/C15H17N3O.ClH/c16-13-7-5-10-8-11(4-6-12(10)13)14-17-15(19-18-14)9-2-1-3-9;/h4,6,8-9,13H,1-3,5,7,16H2;1H/t13-;/m1./s1. The summed E-state index contributed by atoms with van der Waals surface area (Å²) in [4.78, 5) is 4.54. The lowest BCUT2D eigenvalue weighted by Gasteiger charge is -2.20. The number of fused-ring (bicyclic) bond motifs is 1. The molecule has 106 valence electrons. The third kappa shape index (κ3) is 2.13. The molecule has 2 aromatic rings. The van der Waals surface area contributed by atoms with Gasteiger partial charge in [0.2, 0.25) is 11.7 Å². The first-order valence-corrected chi connectivity index (χ1v) is 7.03. The van der Waals surface area contributed by atoms with Gasteiger partial charge in [-0.3, -0.25) is 0 Å². The Morgan fingerprint density at radius 1 is 1.20 bits per heavy atom. The van der Waals surface area contributed by atoms with Crippen LogP contribution in [0, 0.1) is 0 Å². The van der Waals surface area contributed by atoms with Crippen LogP contribution >= 0.6 is 12.4 Å². The highest BCUT2D eigenvalue weighted by molar-refractivity contribution is 5.85. The van der Waals surface area contributed by atoms with Gasteiger partial charge in [-0.1, -0.05) is 23.7 Å². The average Bonchev–Trinajstić information content (AvgIpc) is 2.95. The van der Waals surface area contributed by atoms with Crippen LogP contribution in [0.2, 0.25) is 0 Å². The summed E-state index contributed by atoms with van der Waals surface area (Å²) in [5.74, 6) is 2.01. The molecule has 1 saturated carbocycles. The second-order valence-corrected chi connectivity index (χ2v) is 5.64. The summed E-state index contributed by atoms with van der Waals surface area (Å²) < 4.78 is 5.38. The van der Waals surface area contributed by atoms with Gasteiger partial charge in [0.05, 0.1) is 0 Å². The van der Waals surface area contributed by atoms with Crippen LogP contribution in [0.4, 0.5) is 0 Å². The van der Waals surface area contributed by atoms with Gasteiger partial charge in [-0.05, 0) is 42.9 Å². The number of halogens is 1. The molecule has 0 spiro atoms. The quantitative estimate of drug-likeness (QED) is 0.921. The molecule has 0 saturated heterocycles. The minimum atomic E-state index is 0. The Balaban J connectivity index is 0.00000121. The fourth-order valence-corrected chi connectivity index (χ4v) is 2.96. The molecule has 1 aromatic heterocycles. The van der Waals surface area contributed by atoms with Crippen molar-refractivity contribution in [3.8, 4) is 11.4 Å². The fraction of sp³-hybridized carbons (Fsp3) is 0.467. The molecule has 1 fully saturated rings. The Morgan fingerprint density at radius 3 is 2.80 bits per heavy atom. The molecular weight excluding hydrogens is 274 g/mol. The Morgan fingerprint density at radius 2 is 2.05 bits per heavy atom. The molecule has 1 atom stereocenters. The van der Waals surface area contributed by atoms with E-state index in [9.17, 15) is 0 Å². The first kappa shape index (κ1) is 13.6. The van der Waals surface area contributed by atoms with Crippen LogP contribution in [0.25, 0.3) is 11.4 Å². The highest BCUT2D eigenvalue weighted by atomic mass is 35.5. The summed E-state index contributed by atoms with van der Waals surface area (Å²) in [6, 6.07) is 6.53. The molecule has 4 rings (SSSR count). The van der Waals surface area contributed by atoms with E-state index in [4.69, 9.17) is 10.3 Å². The van der Waals surface area contributed by atoms with Crippen molar-refractivity contribution in [3.05, 3.63) is 35.2 Å². The lowest BCUT2D eigenvalue weighted by Crippen LogP contribution is -2.08. The van der Waals surface area contributed by atoms with Crippen molar-refractivity contribution >= 4 is 12.4 Å². The first-order chi connectivity index (χ1) is 9.31. The Labute approximate surface area is 124 Å². The predicted molar refractivity (Wildman–Crippen MR) is 78.8 cm³/mol. The van der Waals surface area contributed by atoms with Crippen molar-refractivity contribution in [1.82, 2.24) is 10.1 Å². The summed E-state index contributed by atoms with van der Waals surface area (Å²) in [7, 11) is 0. The molecular formula is C15H18ClN3O.